The van der Waals surface area contributed by atoms with Crippen LogP contribution in [0.1, 0.15) is 21.6 Å². The zero-order valence-electron chi connectivity index (χ0n) is 14.9. The van der Waals surface area contributed by atoms with Crippen molar-refractivity contribution in [3.8, 4) is 0 Å². The highest BCUT2D eigenvalue weighted by atomic mass is 16.2. The number of hydrogen-bond donors (Lipinski definition) is 1. The molecule has 0 aliphatic heterocycles. The number of fused-ring (bicyclic) bond motifs is 1. The number of benzene rings is 2. The predicted molar refractivity (Wildman–Crippen MR) is 103 cm³/mol. The Labute approximate surface area is 147 Å². The van der Waals surface area contributed by atoms with E-state index in [1.165, 1.54) is 0 Å². The van der Waals surface area contributed by atoms with Crippen LogP contribution in [-0.4, -0.2) is 30.8 Å². The number of rotatable bonds is 4. The predicted octanol–water partition coefficient (Wildman–Crippen LogP) is 3.32. The molecular formula is C20H22N4O. The minimum Gasteiger partial charge on any atom is -0.378 e. The van der Waals surface area contributed by atoms with Gasteiger partial charge < -0.3 is 9.47 Å². The Bertz CT molecular complexity index is 953. The lowest BCUT2D eigenvalue weighted by Crippen LogP contribution is -2.18. The monoisotopic (exact) mass is 334 g/mol. The SMILES string of the molecule is Cc1c(/C=N\NC(=O)c2cccc(N(C)C)c2)c2ccccc2n1C. The van der Waals surface area contributed by atoms with Crippen LogP contribution in [0.3, 0.4) is 0 Å². The summed E-state index contributed by atoms with van der Waals surface area (Å²) in [5, 5.41) is 5.29. The molecule has 0 radical (unpaired) electrons. The largest absolute Gasteiger partial charge is 0.378 e. The molecule has 0 fully saturated rings. The number of nitrogens with zero attached hydrogens (tertiary/aromatic N) is 3. The van der Waals surface area contributed by atoms with Gasteiger partial charge in [0.25, 0.3) is 5.91 Å². The summed E-state index contributed by atoms with van der Waals surface area (Å²) in [4.78, 5) is 14.3. The Morgan fingerprint density at radius 3 is 2.68 bits per heavy atom. The summed E-state index contributed by atoms with van der Waals surface area (Å²) in [5.74, 6) is -0.224. The van der Waals surface area contributed by atoms with Crippen LogP contribution in [0, 0.1) is 6.92 Å². The van der Waals surface area contributed by atoms with Gasteiger partial charge >= 0.3 is 0 Å². The van der Waals surface area contributed by atoms with E-state index in [4.69, 9.17) is 0 Å². The molecule has 0 unspecified atom stereocenters. The number of hydrazone groups is 1. The second-order valence-corrected chi connectivity index (χ2v) is 6.22. The maximum Gasteiger partial charge on any atom is 0.271 e. The second-order valence-electron chi connectivity index (χ2n) is 6.22. The van der Waals surface area contributed by atoms with Crippen LogP contribution in [0.4, 0.5) is 5.69 Å². The Morgan fingerprint density at radius 1 is 1.16 bits per heavy atom. The molecule has 0 spiro atoms. The van der Waals surface area contributed by atoms with Crippen molar-refractivity contribution in [1.29, 1.82) is 0 Å². The number of anilines is 1. The summed E-state index contributed by atoms with van der Waals surface area (Å²) in [5.41, 5.74) is 7.44. The molecule has 5 heteroatoms. The molecule has 2 aromatic carbocycles. The van der Waals surface area contributed by atoms with E-state index in [9.17, 15) is 4.79 Å². The molecule has 0 saturated carbocycles. The molecule has 1 heterocycles. The van der Waals surface area contributed by atoms with Gasteiger partial charge in [-0.15, -0.1) is 0 Å². The van der Waals surface area contributed by atoms with Crippen molar-refractivity contribution in [3.63, 3.8) is 0 Å². The first-order chi connectivity index (χ1) is 12.0. The van der Waals surface area contributed by atoms with E-state index in [1.54, 1.807) is 12.3 Å². The molecule has 25 heavy (non-hydrogen) atoms. The van der Waals surface area contributed by atoms with Crippen molar-refractivity contribution in [2.45, 2.75) is 6.92 Å². The highest BCUT2D eigenvalue weighted by molar-refractivity contribution is 6.02. The molecule has 3 rings (SSSR count). The van der Waals surface area contributed by atoms with Gasteiger partial charge in [0.15, 0.2) is 0 Å². The summed E-state index contributed by atoms with van der Waals surface area (Å²) in [7, 11) is 5.91. The van der Waals surface area contributed by atoms with E-state index in [-0.39, 0.29) is 5.91 Å². The lowest BCUT2D eigenvalue weighted by Gasteiger charge is -2.12. The minimum atomic E-state index is -0.224. The summed E-state index contributed by atoms with van der Waals surface area (Å²) in [6.45, 7) is 2.05. The van der Waals surface area contributed by atoms with Crippen LogP contribution in [0.2, 0.25) is 0 Å². The molecule has 0 bridgehead atoms. The number of carbonyl (C=O) groups excluding carboxylic acids is 1. The Hall–Kier alpha value is -3.08. The number of aromatic nitrogens is 1. The normalized spacial score (nSPS) is 11.2. The summed E-state index contributed by atoms with van der Waals surface area (Å²) >= 11 is 0. The average Bonchev–Trinajstić information content (AvgIpc) is 2.87. The van der Waals surface area contributed by atoms with Crippen LogP contribution in [0.15, 0.2) is 53.6 Å². The third-order valence-electron chi connectivity index (χ3n) is 4.43. The standard InChI is InChI=1S/C20H22N4O/c1-14-18(17-10-5-6-11-19(17)24(14)4)13-21-22-20(25)15-8-7-9-16(12-15)23(2)3/h5-13H,1-4H3,(H,22,25)/b21-13-. The van der Waals surface area contributed by atoms with Crippen molar-refractivity contribution in [3.05, 3.63) is 65.4 Å². The average molecular weight is 334 g/mol. The lowest BCUT2D eigenvalue weighted by atomic mass is 10.1. The number of carbonyl (C=O) groups is 1. The summed E-state index contributed by atoms with van der Waals surface area (Å²) in [6, 6.07) is 15.6. The first-order valence-electron chi connectivity index (χ1n) is 8.14. The summed E-state index contributed by atoms with van der Waals surface area (Å²) < 4.78 is 2.12. The Morgan fingerprint density at radius 2 is 1.92 bits per heavy atom. The fraction of sp³-hybridized carbons (Fsp3) is 0.200. The lowest BCUT2D eigenvalue weighted by molar-refractivity contribution is 0.0955. The van der Waals surface area contributed by atoms with E-state index < -0.39 is 0 Å². The molecule has 0 atom stereocenters. The van der Waals surface area contributed by atoms with Gasteiger partial charge in [-0.3, -0.25) is 4.79 Å². The van der Waals surface area contributed by atoms with Gasteiger partial charge in [0.05, 0.1) is 6.21 Å². The quantitative estimate of drug-likeness (QED) is 0.588. The molecule has 128 valence electrons. The van der Waals surface area contributed by atoms with E-state index in [0.717, 1.165) is 27.8 Å². The Kier molecular flexibility index (Phi) is 4.57. The van der Waals surface area contributed by atoms with Gasteiger partial charge in [-0.25, -0.2) is 5.43 Å². The topological polar surface area (TPSA) is 49.6 Å². The minimum absolute atomic E-state index is 0.224. The second kappa shape index (κ2) is 6.81. The third-order valence-corrected chi connectivity index (χ3v) is 4.43. The maximum atomic E-state index is 12.3. The van der Waals surface area contributed by atoms with Gasteiger partial charge in [0.2, 0.25) is 0 Å². The molecule has 1 aromatic heterocycles. The van der Waals surface area contributed by atoms with Gasteiger partial charge in [-0.05, 0) is 31.2 Å². The molecule has 3 aromatic rings. The van der Waals surface area contributed by atoms with Gasteiger partial charge in [0, 0.05) is 54.6 Å². The van der Waals surface area contributed by atoms with Crippen molar-refractivity contribution >= 4 is 28.7 Å². The van der Waals surface area contributed by atoms with E-state index in [1.807, 2.05) is 63.3 Å². The number of hydrogen-bond acceptors (Lipinski definition) is 3. The van der Waals surface area contributed by atoms with Crippen LogP contribution in [0.5, 0.6) is 0 Å². The number of nitrogens with one attached hydrogen (secondary N) is 1. The molecule has 5 nitrogen and oxygen atoms in total. The van der Waals surface area contributed by atoms with Gasteiger partial charge in [0.1, 0.15) is 0 Å². The maximum absolute atomic E-state index is 12.3. The van der Waals surface area contributed by atoms with Crippen molar-refractivity contribution in [2.75, 3.05) is 19.0 Å². The fourth-order valence-corrected chi connectivity index (χ4v) is 2.86. The molecular weight excluding hydrogens is 312 g/mol. The van der Waals surface area contributed by atoms with Crippen molar-refractivity contribution in [2.24, 2.45) is 12.1 Å². The van der Waals surface area contributed by atoms with E-state index >= 15 is 0 Å². The molecule has 1 N–H and O–H groups in total. The highest BCUT2D eigenvalue weighted by Crippen LogP contribution is 2.23. The smallest absolute Gasteiger partial charge is 0.271 e. The van der Waals surface area contributed by atoms with Crippen LogP contribution >= 0.6 is 0 Å². The first kappa shape index (κ1) is 16.8. The zero-order chi connectivity index (χ0) is 18.0. The van der Waals surface area contributed by atoms with Crippen molar-refractivity contribution in [1.82, 2.24) is 9.99 Å². The fourth-order valence-electron chi connectivity index (χ4n) is 2.86. The molecule has 1 amide bonds. The highest BCUT2D eigenvalue weighted by Gasteiger charge is 2.10. The van der Waals surface area contributed by atoms with Crippen LogP contribution < -0.4 is 10.3 Å². The van der Waals surface area contributed by atoms with Gasteiger partial charge in [-0.2, -0.15) is 5.10 Å². The van der Waals surface area contributed by atoms with E-state index in [2.05, 4.69) is 27.2 Å². The molecule has 0 aliphatic rings. The molecule has 0 aliphatic carbocycles. The van der Waals surface area contributed by atoms with Crippen LogP contribution in [-0.2, 0) is 7.05 Å². The van der Waals surface area contributed by atoms with Crippen LogP contribution in [0.25, 0.3) is 10.9 Å². The Balaban J connectivity index is 1.81. The zero-order valence-corrected chi connectivity index (χ0v) is 14.9. The van der Waals surface area contributed by atoms with Crippen molar-refractivity contribution < 1.29 is 4.79 Å². The summed E-state index contributed by atoms with van der Waals surface area (Å²) in [6.07, 6.45) is 1.71. The first-order valence-corrected chi connectivity index (χ1v) is 8.14. The third kappa shape index (κ3) is 3.26. The van der Waals surface area contributed by atoms with Gasteiger partial charge in [-0.1, -0.05) is 24.3 Å². The number of para-hydroxylation sites is 1. The van der Waals surface area contributed by atoms with E-state index in [0.29, 0.717) is 5.56 Å². The molecule has 0 saturated heterocycles. The number of aryl methyl sites for hydroxylation is 1. The number of amides is 1.